The van der Waals surface area contributed by atoms with Gasteiger partial charge in [-0.3, -0.25) is 14.3 Å². The molecule has 0 radical (unpaired) electrons. The molecule has 154 valence electrons. The van der Waals surface area contributed by atoms with Crippen LogP contribution in [0.15, 0.2) is 48.5 Å². The predicted molar refractivity (Wildman–Crippen MR) is 117 cm³/mol. The first-order valence-corrected chi connectivity index (χ1v) is 10.3. The third-order valence-corrected chi connectivity index (χ3v) is 5.45. The lowest BCUT2D eigenvalue weighted by atomic mass is 9.96. The molecule has 0 aliphatic carbocycles. The highest BCUT2D eigenvalue weighted by atomic mass is 16.2. The SMILES string of the molecule is Cc1cc(C(=O)NCCCc2ccc(-c3ccc4c(c3)CCC(=O)N4)cc2)n(C)n1. The number of aromatic nitrogens is 2. The summed E-state index contributed by atoms with van der Waals surface area (Å²) in [7, 11) is 1.78. The molecule has 2 aromatic carbocycles. The summed E-state index contributed by atoms with van der Waals surface area (Å²) in [5.41, 5.74) is 7.11. The number of fused-ring (bicyclic) bond motifs is 1. The summed E-state index contributed by atoms with van der Waals surface area (Å²) in [5.74, 6) is 0.00303. The zero-order valence-electron chi connectivity index (χ0n) is 17.4. The fraction of sp³-hybridized carbons (Fsp3) is 0.292. The zero-order valence-corrected chi connectivity index (χ0v) is 17.4. The first kappa shape index (κ1) is 19.9. The molecule has 4 rings (SSSR count). The summed E-state index contributed by atoms with van der Waals surface area (Å²) in [6, 6.07) is 16.6. The van der Waals surface area contributed by atoms with Crippen molar-refractivity contribution in [3.63, 3.8) is 0 Å². The highest BCUT2D eigenvalue weighted by Gasteiger charge is 2.15. The summed E-state index contributed by atoms with van der Waals surface area (Å²) >= 11 is 0. The molecule has 1 aliphatic heterocycles. The molecule has 2 heterocycles. The van der Waals surface area contributed by atoms with E-state index < -0.39 is 0 Å². The van der Waals surface area contributed by atoms with Gasteiger partial charge in [-0.25, -0.2) is 0 Å². The average molecular weight is 402 g/mol. The molecule has 0 unspecified atom stereocenters. The summed E-state index contributed by atoms with van der Waals surface area (Å²) in [4.78, 5) is 23.7. The Labute approximate surface area is 176 Å². The molecule has 0 saturated heterocycles. The molecule has 0 bridgehead atoms. The minimum atomic E-state index is -0.0861. The largest absolute Gasteiger partial charge is 0.351 e. The van der Waals surface area contributed by atoms with Gasteiger partial charge in [0, 0.05) is 25.7 Å². The second-order valence-corrected chi connectivity index (χ2v) is 7.77. The van der Waals surface area contributed by atoms with E-state index in [0.29, 0.717) is 18.7 Å². The number of rotatable bonds is 6. The Bertz CT molecular complexity index is 1080. The number of amides is 2. The molecule has 0 saturated carbocycles. The van der Waals surface area contributed by atoms with E-state index in [1.165, 1.54) is 16.7 Å². The van der Waals surface area contributed by atoms with Crippen LogP contribution in [-0.2, 0) is 24.7 Å². The molecule has 2 N–H and O–H groups in total. The van der Waals surface area contributed by atoms with Crippen LogP contribution in [0.4, 0.5) is 5.69 Å². The number of carbonyl (C=O) groups is 2. The van der Waals surface area contributed by atoms with Crippen LogP contribution >= 0.6 is 0 Å². The van der Waals surface area contributed by atoms with E-state index in [9.17, 15) is 9.59 Å². The van der Waals surface area contributed by atoms with Crippen molar-refractivity contribution in [2.45, 2.75) is 32.6 Å². The van der Waals surface area contributed by atoms with Gasteiger partial charge >= 0.3 is 0 Å². The lowest BCUT2D eigenvalue weighted by Crippen LogP contribution is -2.26. The van der Waals surface area contributed by atoms with E-state index >= 15 is 0 Å². The molecule has 3 aromatic rings. The first-order chi connectivity index (χ1) is 14.5. The molecule has 6 nitrogen and oxygen atoms in total. The smallest absolute Gasteiger partial charge is 0.269 e. The van der Waals surface area contributed by atoms with Crippen molar-refractivity contribution in [2.75, 3.05) is 11.9 Å². The highest BCUT2D eigenvalue weighted by Crippen LogP contribution is 2.29. The Kier molecular flexibility index (Phi) is 5.65. The number of benzene rings is 2. The van der Waals surface area contributed by atoms with Crippen molar-refractivity contribution in [3.05, 3.63) is 71.0 Å². The van der Waals surface area contributed by atoms with Crippen molar-refractivity contribution in [3.8, 4) is 11.1 Å². The quantitative estimate of drug-likeness (QED) is 0.618. The number of carbonyl (C=O) groups excluding carboxylic acids is 2. The second kappa shape index (κ2) is 8.53. The minimum absolute atomic E-state index is 0.0861. The topological polar surface area (TPSA) is 76.0 Å². The predicted octanol–water partition coefficient (Wildman–Crippen LogP) is 3.64. The maximum atomic E-state index is 12.2. The van der Waals surface area contributed by atoms with Gasteiger partial charge in [-0.15, -0.1) is 0 Å². The van der Waals surface area contributed by atoms with Gasteiger partial charge in [-0.1, -0.05) is 30.3 Å². The maximum Gasteiger partial charge on any atom is 0.269 e. The Balaban J connectivity index is 1.30. The summed E-state index contributed by atoms with van der Waals surface area (Å²) in [5, 5.41) is 10.1. The molecule has 1 aromatic heterocycles. The third kappa shape index (κ3) is 4.43. The second-order valence-electron chi connectivity index (χ2n) is 7.77. The first-order valence-electron chi connectivity index (χ1n) is 10.3. The number of anilines is 1. The van der Waals surface area contributed by atoms with Crippen LogP contribution < -0.4 is 10.6 Å². The van der Waals surface area contributed by atoms with Crippen molar-refractivity contribution in [2.24, 2.45) is 7.05 Å². The van der Waals surface area contributed by atoms with E-state index in [1.54, 1.807) is 17.8 Å². The maximum absolute atomic E-state index is 12.2. The Morgan fingerprint density at radius 2 is 1.87 bits per heavy atom. The van der Waals surface area contributed by atoms with Gasteiger partial charge < -0.3 is 10.6 Å². The number of aryl methyl sites for hydroxylation is 4. The van der Waals surface area contributed by atoms with Crippen LogP contribution in [0.1, 0.15) is 40.2 Å². The highest BCUT2D eigenvalue weighted by molar-refractivity contribution is 5.94. The van der Waals surface area contributed by atoms with Crippen LogP contribution in [0.5, 0.6) is 0 Å². The number of hydrogen-bond donors (Lipinski definition) is 2. The van der Waals surface area contributed by atoms with Gasteiger partial charge in [0.15, 0.2) is 0 Å². The molecule has 0 fully saturated rings. The Morgan fingerprint density at radius 1 is 1.10 bits per heavy atom. The van der Waals surface area contributed by atoms with Crippen LogP contribution in [0.2, 0.25) is 0 Å². The average Bonchev–Trinajstić information content (AvgIpc) is 3.09. The van der Waals surface area contributed by atoms with E-state index in [1.807, 2.05) is 13.0 Å². The standard InChI is InChI=1S/C24H26N4O2/c1-16-14-22(28(2)27-16)24(30)25-13-3-4-17-5-7-18(8-6-17)19-9-11-21-20(15-19)10-12-23(29)26-21/h5-9,11,14-15H,3-4,10,12-13H2,1-2H3,(H,25,30)(H,26,29). The zero-order chi connectivity index (χ0) is 21.1. The van der Waals surface area contributed by atoms with Crippen LogP contribution in [-0.4, -0.2) is 28.1 Å². The molecule has 0 atom stereocenters. The molecule has 0 spiro atoms. The fourth-order valence-electron chi connectivity index (χ4n) is 3.83. The van der Waals surface area contributed by atoms with Gasteiger partial charge in [0.2, 0.25) is 5.91 Å². The van der Waals surface area contributed by atoms with E-state index in [0.717, 1.165) is 36.2 Å². The minimum Gasteiger partial charge on any atom is -0.351 e. The van der Waals surface area contributed by atoms with Crippen molar-refractivity contribution < 1.29 is 9.59 Å². The van der Waals surface area contributed by atoms with Crippen molar-refractivity contribution in [1.82, 2.24) is 15.1 Å². The van der Waals surface area contributed by atoms with Gasteiger partial charge in [-0.2, -0.15) is 5.10 Å². The van der Waals surface area contributed by atoms with Crippen LogP contribution in [0.3, 0.4) is 0 Å². The van der Waals surface area contributed by atoms with Crippen molar-refractivity contribution >= 4 is 17.5 Å². The molecule has 6 heteroatoms. The van der Waals surface area contributed by atoms with Crippen molar-refractivity contribution in [1.29, 1.82) is 0 Å². The summed E-state index contributed by atoms with van der Waals surface area (Å²) in [6.45, 7) is 2.50. The normalized spacial score (nSPS) is 12.9. The van der Waals surface area contributed by atoms with E-state index in [4.69, 9.17) is 0 Å². The van der Waals surface area contributed by atoms with Gasteiger partial charge in [0.25, 0.3) is 5.91 Å². The van der Waals surface area contributed by atoms with Crippen LogP contribution in [0.25, 0.3) is 11.1 Å². The lowest BCUT2D eigenvalue weighted by molar-refractivity contribution is -0.116. The Morgan fingerprint density at radius 3 is 2.60 bits per heavy atom. The van der Waals surface area contributed by atoms with E-state index in [-0.39, 0.29) is 11.8 Å². The van der Waals surface area contributed by atoms with Crippen LogP contribution in [0, 0.1) is 6.92 Å². The molecular formula is C24H26N4O2. The summed E-state index contributed by atoms with van der Waals surface area (Å²) in [6.07, 6.45) is 3.12. The van der Waals surface area contributed by atoms with E-state index in [2.05, 4.69) is 52.1 Å². The number of hydrogen-bond acceptors (Lipinski definition) is 3. The molecular weight excluding hydrogens is 376 g/mol. The lowest BCUT2D eigenvalue weighted by Gasteiger charge is -2.17. The molecule has 1 aliphatic rings. The van der Waals surface area contributed by atoms with Gasteiger partial charge in [-0.05, 0) is 66.6 Å². The number of nitrogens with zero attached hydrogens (tertiary/aromatic N) is 2. The monoisotopic (exact) mass is 402 g/mol. The fourth-order valence-corrected chi connectivity index (χ4v) is 3.83. The van der Waals surface area contributed by atoms with Gasteiger partial charge in [0.05, 0.1) is 5.69 Å². The Hall–Kier alpha value is -3.41. The number of nitrogens with one attached hydrogen (secondary N) is 2. The van der Waals surface area contributed by atoms with Gasteiger partial charge in [0.1, 0.15) is 5.69 Å². The third-order valence-electron chi connectivity index (χ3n) is 5.45. The summed E-state index contributed by atoms with van der Waals surface area (Å²) < 4.78 is 1.61. The molecule has 2 amide bonds. The molecule has 30 heavy (non-hydrogen) atoms.